The fraction of sp³-hybridized carbons (Fsp3) is 0.552. The van der Waals surface area contributed by atoms with Crippen LogP contribution in [0.25, 0.3) is 0 Å². The number of hydroxylamine groups is 2. The molecular formula is C29H42N2O5S. The number of carbonyl (C=O) groups is 1. The fourth-order valence-electron chi connectivity index (χ4n) is 4.86. The SMILES string of the molecule is CCCC[C@]1(CC)C(O)Sc2cc(CNCC(=O)OC(C)(C)C)c(OC)cc2[C@@H](c2ccccc2)N1O. The maximum atomic E-state index is 12.2. The zero-order valence-corrected chi connectivity index (χ0v) is 23.7. The van der Waals surface area contributed by atoms with Crippen LogP contribution in [0.2, 0.25) is 0 Å². The van der Waals surface area contributed by atoms with E-state index >= 15 is 0 Å². The Morgan fingerprint density at radius 3 is 2.49 bits per heavy atom. The number of aliphatic hydroxyl groups excluding tert-OH is 1. The summed E-state index contributed by atoms with van der Waals surface area (Å²) in [7, 11) is 1.61. The number of nitrogens with zero attached hydrogens (tertiary/aromatic N) is 1. The predicted octanol–water partition coefficient (Wildman–Crippen LogP) is 5.67. The Morgan fingerprint density at radius 1 is 1.19 bits per heavy atom. The molecule has 8 heteroatoms. The number of rotatable bonds is 10. The highest BCUT2D eigenvalue weighted by Gasteiger charge is 2.48. The summed E-state index contributed by atoms with van der Waals surface area (Å²) in [6.07, 6.45) is 3.13. The van der Waals surface area contributed by atoms with E-state index in [1.165, 1.54) is 16.8 Å². The molecular weight excluding hydrogens is 488 g/mol. The van der Waals surface area contributed by atoms with Crippen molar-refractivity contribution in [3.8, 4) is 5.75 Å². The van der Waals surface area contributed by atoms with E-state index in [-0.39, 0.29) is 12.5 Å². The number of nitrogens with one attached hydrogen (secondary N) is 1. The number of fused-ring (bicyclic) bond motifs is 1. The molecule has 1 heterocycles. The molecule has 1 aliphatic rings. The van der Waals surface area contributed by atoms with Gasteiger partial charge in [0.05, 0.1) is 25.2 Å². The van der Waals surface area contributed by atoms with Crippen molar-refractivity contribution >= 4 is 17.7 Å². The standard InChI is InChI=1S/C29H42N2O5S/c1-7-9-15-29(8-2)27(33)37-24-16-21(18-30-19-25(32)36-28(3,4)5)23(35-6)17-22(24)26(31(29)34)20-13-11-10-12-14-20/h10-14,16-17,26-27,30,33-34H,7-9,15,18-19H2,1-6H3/t26-,27?,29-/m1/s1. The van der Waals surface area contributed by atoms with Crippen LogP contribution in [0.15, 0.2) is 47.4 Å². The Balaban J connectivity index is 2.02. The Bertz CT molecular complexity index is 1040. The second kappa shape index (κ2) is 12.6. The molecule has 2 aromatic carbocycles. The number of methoxy groups -OCH3 is 1. The van der Waals surface area contributed by atoms with Crippen LogP contribution in [0.3, 0.4) is 0 Å². The average molecular weight is 531 g/mol. The molecule has 0 aliphatic carbocycles. The van der Waals surface area contributed by atoms with E-state index in [2.05, 4.69) is 12.2 Å². The van der Waals surface area contributed by atoms with E-state index in [1.807, 2.05) is 70.2 Å². The van der Waals surface area contributed by atoms with Gasteiger partial charge in [-0.1, -0.05) is 68.8 Å². The average Bonchev–Trinajstić information content (AvgIpc) is 2.93. The molecule has 0 amide bonds. The van der Waals surface area contributed by atoms with Gasteiger partial charge in [-0.3, -0.25) is 4.79 Å². The summed E-state index contributed by atoms with van der Waals surface area (Å²) < 4.78 is 11.1. The Hall–Kier alpha value is -2.10. The first kappa shape index (κ1) is 29.5. The smallest absolute Gasteiger partial charge is 0.320 e. The summed E-state index contributed by atoms with van der Waals surface area (Å²) in [4.78, 5) is 13.0. The molecule has 7 nitrogen and oxygen atoms in total. The summed E-state index contributed by atoms with van der Waals surface area (Å²) in [5, 5.41) is 27.9. The zero-order chi connectivity index (χ0) is 27.2. The van der Waals surface area contributed by atoms with E-state index in [1.54, 1.807) is 7.11 Å². The van der Waals surface area contributed by atoms with E-state index in [0.29, 0.717) is 25.1 Å². The third-order valence-electron chi connectivity index (χ3n) is 6.80. The molecule has 2 aromatic rings. The van der Waals surface area contributed by atoms with Crippen molar-refractivity contribution in [3.05, 3.63) is 59.2 Å². The molecule has 37 heavy (non-hydrogen) atoms. The lowest BCUT2D eigenvalue weighted by molar-refractivity contribution is -0.217. The van der Waals surface area contributed by atoms with E-state index in [9.17, 15) is 15.1 Å². The van der Waals surface area contributed by atoms with Gasteiger partial charge in [0.1, 0.15) is 16.8 Å². The van der Waals surface area contributed by atoms with Gasteiger partial charge in [-0.15, -0.1) is 0 Å². The van der Waals surface area contributed by atoms with Crippen LogP contribution in [0.4, 0.5) is 0 Å². The van der Waals surface area contributed by atoms with Gasteiger partial charge < -0.3 is 25.1 Å². The van der Waals surface area contributed by atoms with Gasteiger partial charge in [0.15, 0.2) is 0 Å². The first-order valence-electron chi connectivity index (χ1n) is 13.1. The van der Waals surface area contributed by atoms with Crippen molar-refractivity contribution in [2.45, 2.75) is 94.4 Å². The van der Waals surface area contributed by atoms with E-state index in [4.69, 9.17) is 9.47 Å². The highest BCUT2D eigenvalue weighted by Crippen LogP contribution is 2.50. The third-order valence-corrected chi connectivity index (χ3v) is 8.07. The van der Waals surface area contributed by atoms with Gasteiger partial charge in [0.25, 0.3) is 0 Å². The Kier molecular flexibility index (Phi) is 10.1. The minimum atomic E-state index is -0.836. The number of hydrogen-bond donors (Lipinski definition) is 3. The van der Waals surface area contributed by atoms with Crippen molar-refractivity contribution in [1.29, 1.82) is 0 Å². The molecule has 204 valence electrons. The van der Waals surface area contributed by atoms with Crippen LogP contribution < -0.4 is 10.1 Å². The van der Waals surface area contributed by atoms with Crippen molar-refractivity contribution in [3.63, 3.8) is 0 Å². The van der Waals surface area contributed by atoms with Crippen molar-refractivity contribution in [2.75, 3.05) is 13.7 Å². The minimum Gasteiger partial charge on any atom is -0.496 e. The van der Waals surface area contributed by atoms with Crippen molar-refractivity contribution in [1.82, 2.24) is 10.4 Å². The zero-order valence-electron chi connectivity index (χ0n) is 22.9. The fourth-order valence-corrected chi connectivity index (χ4v) is 6.23. The number of esters is 1. The highest BCUT2D eigenvalue weighted by atomic mass is 32.2. The number of carbonyl (C=O) groups excluding carboxylic acids is 1. The maximum absolute atomic E-state index is 12.2. The number of aliphatic hydroxyl groups is 1. The molecule has 3 atom stereocenters. The van der Waals surface area contributed by atoms with Crippen LogP contribution >= 0.6 is 11.8 Å². The number of thioether (sulfide) groups is 1. The predicted molar refractivity (Wildman–Crippen MR) is 147 cm³/mol. The molecule has 1 aliphatic heterocycles. The first-order valence-corrected chi connectivity index (χ1v) is 14.0. The highest BCUT2D eigenvalue weighted by molar-refractivity contribution is 7.99. The second-order valence-electron chi connectivity index (χ2n) is 10.6. The number of ether oxygens (including phenoxy) is 2. The van der Waals surface area contributed by atoms with Gasteiger partial charge in [0.2, 0.25) is 0 Å². The molecule has 3 rings (SSSR count). The summed E-state index contributed by atoms with van der Waals surface area (Å²) >= 11 is 1.38. The van der Waals surface area contributed by atoms with Gasteiger partial charge in [-0.05, 0) is 56.9 Å². The molecule has 3 N–H and O–H groups in total. The molecule has 0 saturated carbocycles. The third kappa shape index (κ3) is 6.86. The van der Waals surface area contributed by atoms with Crippen LogP contribution in [-0.4, -0.2) is 51.6 Å². The lowest BCUT2D eigenvalue weighted by atomic mass is 9.86. The maximum Gasteiger partial charge on any atom is 0.320 e. The van der Waals surface area contributed by atoms with Crippen LogP contribution in [0.1, 0.15) is 83.0 Å². The normalized spacial score (nSPS) is 22.3. The molecule has 0 bridgehead atoms. The summed E-state index contributed by atoms with van der Waals surface area (Å²) in [6, 6.07) is 13.4. The summed E-state index contributed by atoms with van der Waals surface area (Å²) in [6.45, 7) is 10.1. The summed E-state index contributed by atoms with van der Waals surface area (Å²) in [5.41, 5.74) is 0.475. The number of unbranched alkanes of at least 4 members (excludes halogenated alkanes) is 1. The van der Waals surface area contributed by atoms with E-state index in [0.717, 1.165) is 34.4 Å². The molecule has 0 aromatic heterocycles. The Labute approximate surface area is 225 Å². The second-order valence-corrected chi connectivity index (χ2v) is 11.7. The van der Waals surface area contributed by atoms with Crippen LogP contribution in [0.5, 0.6) is 5.75 Å². The summed E-state index contributed by atoms with van der Waals surface area (Å²) in [5.74, 6) is 0.326. The van der Waals surface area contributed by atoms with Crippen molar-refractivity contribution in [2.24, 2.45) is 0 Å². The first-order chi connectivity index (χ1) is 17.6. The van der Waals surface area contributed by atoms with Gasteiger partial charge in [0, 0.05) is 17.0 Å². The molecule has 0 spiro atoms. The van der Waals surface area contributed by atoms with Crippen LogP contribution in [-0.2, 0) is 16.1 Å². The molecule has 1 unspecified atom stereocenters. The van der Waals surface area contributed by atoms with Gasteiger partial charge in [-0.2, -0.15) is 5.06 Å². The minimum absolute atomic E-state index is 0.0697. The number of hydrogen-bond acceptors (Lipinski definition) is 8. The van der Waals surface area contributed by atoms with E-state index < -0.39 is 22.6 Å². The lowest BCUT2D eigenvalue weighted by Crippen LogP contribution is -2.54. The van der Waals surface area contributed by atoms with Crippen LogP contribution in [0, 0.1) is 0 Å². The number of benzene rings is 2. The van der Waals surface area contributed by atoms with Crippen molar-refractivity contribution < 1.29 is 24.6 Å². The molecule has 0 saturated heterocycles. The lowest BCUT2D eigenvalue weighted by Gasteiger charge is -2.44. The van der Waals surface area contributed by atoms with Gasteiger partial charge in [-0.25, -0.2) is 0 Å². The Morgan fingerprint density at radius 2 is 1.89 bits per heavy atom. The topological polar surface area (TPSA) is 91.3 Å². The molecule has 0 fully saturated rings. The van der Waals surface area contributed by atoms with Gasteiger partial charge >= 0.3 is 5.97 Å². The largest absolute Gasteiger partial charge is 0.496 e. The monoisotopic (exact) mass is 530 g/mol. The quantitative estimate of drug-likeness (QED) is 0.339. The molecule has 0 radical (unpaired) electrons.